The van der Waals surface area contributed by atoms with Gasteiger partial charge < -0.3 is 9.64 Å². The maximum Gasteiger partial charge on any atom is 0.253 e. The fourth-order valence-corrected chi connectivity index (χ4v) is 2.47. The van der Waals surface area contributed by atoms with Crippen LogP contribution in [0.1, 0.15) is 10.4 Å². The second-order valence-corrected chi connectivity index (χ2v) is 5.38. The summed E-state index contributed by atoms with van der Waals surface area (Å²) in [4.78, 5) is 13.5. The molecule has 3 aromatic rings. The van der Waals surface area contributed by atoms with Crippen LogP contribution < -0.4 is 4.74 Å². The summed E-state index contributed by atoms with van der Waals surface area (Å²) in [6.45, 7) is 0. The highest BCUT2D eigenvalue weighted by molar-refractivity contribution is 5.98. The maximum atomic E-state index is 12.0. The predicted molar refractivity (Wildman–Crippen MR) is 89.5 cm³/mol. The van der Waals surface area contributed by atoms with E-state index >= 15 is 0 Å². The number of methoxy groups -OCH3 is 1. The van der Waals surface area contributed by atoms with Crippen molar-refractivity contribution in [2.45, 2.75) is 0 Å². The van der Waals surface area contributed by atoms with Gasteiger partial charge in [0, 0.05) is 36.0 Å². The minimum atomic E-state index is -0.0257. The number of carbonyl (C=O) groups is 1. The third-order valence-corrected chi connectivity index (χ3v) is 3.66. The van der Waals surface area contributed by atoms with Crippen LogP contribution in [0.4, 0.5) is 0 Å². The SMILES string of the molecule is COc1nnc(-c2ccc(C(=O)N(C)C)cc2)c2ccccc12. The largest absolute Gasteiger partial charge is 0.479 e. The minimum absolute atomic E-state index is 0.0257. The Kier molecular flexibility index (Phi) is 3.93. The highest BCUT2D eigenvalue weighted by Crippen LogP contribution is 2.30. The van der Waals surface area contributed by atoms with Gasteiger partial charge in [0.25, 0.3) is 5.91 Å². The third kappa shape index (κ3) is 2.73. The molecule has 0 atom stereocenters. The first-order valence-electron chi connectivity index (χ1n) is 7.23. The van der Waals surface area contributed by atoms with Crippen LogP contribution in [0.5, 0.6) is 5.88 Å². The molecule has 1 aromatic heterocycles. The summed E-state index contributed by atoms with van der Waals surface area (Å²) in [5, 5.41) is 10.3. The number of hydrogen-bond donors (Lipinski definition) is 0. The van der Waals surface area contributed by atoms with Crippen molar-refractivity contribution in [3.63, 3.8) is 0 Å². The van der Waals surface area contributed by atoms with E-state index in [2.05, 4.69) is 10.2 Å². The lowest BCUT2D eigenvalue weighted by Gasteiger charge is -2.11. The number of nitrogens with zero attached hydrogens (tertiary/aromatic N) is 3. The van der Waals surface area contributed by atoms with Crippen LogP contribution in [0, 0.1) is 0 Å². The van der Waals surface area contributed by atoms with Gasteiger partial charge in [-0.15, -0.1) is 10.2 Å². The molecule has 1 amide bonds. The van der Waals surface area contributed by atoms with Gasteiger partial charge in [0.15, 0.2) is 0 Å². The maximum absolute atomic E-state index is 12.0. The lowest BCUT2D eigenvalue weighted by molar-refractivity contribution is 0.0827. The molecule has 3 rings (SSSR count). The summed E-state index contributed by atoms with van der Waals surface area (Å²) < 4.78 is 5.27. The average molecular weight is 307 g/mol. The fourth-order valence-electron chi connectivity index (χ4n) is 2.47. The lowest BCUT2D eigenvalue weighted by Crippen LogP contribution is -2.21. The zero-order valence-corrected chi connectivity index (χ0v) is 13.3. The van der Waals surface area contributed by atoms with Gasteiger partial charge in [-0.1, -0.05) is 30.3 Å². The predicted octanol–water partition coefficient (Wildman–Crippen LogP) is 3.01. The molecule has 0 N–H and O–H groups in total. The van der Waals surface area contributed by atoms with Gasteiger partial charge in [-0.05, 0) is 18.2 Å². The number of carbonyl (C=O) groups excluding carboxylic acids is 1. The molecular formula is C18H17N3O2. The quantitative estimate of drug-likeness (QED) is 0.746. The summed E-state index contributed by atoms with van der Waals surface area (Å²) in [6, 6.07) is 15.2. The lowest BCUT2D eigenvalue weighted by atomic mass is 10.0. The van der Waals surface area contributed by atoms with Crippen molar-refractivity contribution in [3.05, 3.63) is 54.1 Å². The molecule has 0 aliphatic rings. The second-order valence-electron chi connectivity index (χ2n) is 5.38. The Balaban J connectivity index is 2.09. The Morgan fingerprint density at radius 2 is 1.61 bits per heavy atom. The molecule has 1 heterocycles. The molecule has 5 nitrogen and oxygen atoms in total. The van der Waals surface area contributed by atoms with Crippen LogP contribution in [0.25, 0.3) is 22.0 Å². The van der Waals surface area contributed by atoms with E-state index in [4.69, 9.17) is 4.74 Å². The van der Waals surface area contributed by atoms with E-state index in [1.807, 2.05) is 36.4 Å². The molecule has 0 saturated carbocycles. The number of amides is 1. The summed E-state index contributed by atoms with van der Waals surface area (Å²) in [7, 11) is 5.05. The van der Waals surface area contributed by atoms with Crippen molar-refractivity contribution in [1.82, 2.24) is 15.1 Å². The molecule has 0 spiro atoms. The summed E-state index contributed by atoms with van der Waals surface area (Å²) in [5.41, 5.74) is 2.32. The summed E-state index contributed by atoms with van der Waals surface area (Å²) >= 11 is 0. The molecule has 0 aliphatic carbocycles. The van der Waals surface area contributed by atoms with Gasteiger partial charge in [0.05, 0.1) is 7.11 Å². The molecule has 0 radical (unpaired) electrons. The van der Waals surface area contributed by atoms with Crippen molar-refractivity contribution in [1.29, 1.82) is 0 Å². The van der Waals surface area contributed by atoms with Crippen LogP contribution in [-0.4, -0.2) is 42.2 Å². The van der Waals surface area contributed by atoms with Crippen molar-refractivity contribution in [2.75, 3.05) is 21.2 Å². The number of aromatic nitrogens is 2. The van der Waals surface area contributed by atoms with Gasteiger partial charge in [-0.2, -0.15) is 0 Å². The second kappa shape index (κ2) is 6.04. The summed E-state index contributed by atoms with van der Waals surface area (Å²) in [6.07, 6.45) is 0. The first-order valence-corrected chi connectivity index (χ1v) is 7.23. The van der Waals surface area contributed by atoms with Gasteiger partial charge in [-0.25, -0.2) is 0 Å². The first kappa shape index (κ1) is 15.0. The molecule has 0 fully saturated rings. The smallest absolute Gasteiger partial charge is 0.253 e. The van der Waals surface area contributed by atoms with Crippen molar-refractivity contribution in [3.8, 4) is 17.1 Å². The molecule has 0 unspecified atom stereocenters. The van der Waals surface area contributed by atoms with Crippen LogP contribution in [0.15, 0.2) is 48.5 Å². The highest BCUT2D eigenvalue weighted by Gasteiger charge is 2.12. The standard InChI is InChI=1S/C18H17N3O2/c1-21(2)18(22)13-10-8-12(9-11-13)16-14-6-4-5-7-15(14)17(23-3)20-19-16/h4-11H,1-3H3. The molecule has 23 heavy (non-hydrogen) atoms. The monoisotopic (exact) mass is 307 g/mol. The van der Waals surface area contributed by atoms with Crippen molar-refractivity contribution >= 4 is 16.7 Å². The van der Waals surface area contributed by atoms with E-state index in [1.165, 1.54) is 0 Å². The van der Waals surface area contributed by atoms with Crippen LogP contribution in [0.2, 0.25) is 0 Å². The van der Waals surface area contributed by atoms with E-state index in [1.54, 1.807) is 38.2 Å². The number of benzene rings is 2. The molecule has 0 saturated heterocycles. The first-order chi connectivity index (χ1) is 11.1. The molecular weight excluding hydrogens is 290 g/mol. The average Bonchev–Trinajstić information content (AvgIpc) is 2.60. The summed E-state index contributed by atoms with van der Waals surface area (Å²) in [5.74, 6) is 0.478. The van der Waals surface area contributed by atoms with E-state index in [9.17, 15) is 4.79 Å². The Morgan fingerprint density at radius 3 is 2.22 bits per heavy atom. The van der Waals surface area contributed by atoms with E-state index in [-0.39, 0.29) is 5.91 Å². The molecule has 116 valence electrons. The normalized spacial score (nSPS) is 10.6. The molecule has 5 heteroatoms. The Hall–Kier alpha value is -2.95. The van der Waals surface area contributed by atoms with Gasteiger partial charge in [-0.3, -0.25) is 4.79 Å². The highest BCUT2D eigenvalue weighted by atomic mass is 16.5. The third-order valence-electron chi connectivity index (χ3n) is 3.66. The number of ether oxygens (including phenoxy) is 1. The van der Waals surface area contributed by atoms with Crippen molar-refractivity contribution < 1.29 is 9.53 Å². The molecule has 2 aromatic carbocycles. The fraction of sp³-hybridized carbons (Fsp3) is 0.167. The zero-order valence-electron chi connectivity index (χ0n) is 13.3. The van der Waals surface area contributed by atoms with Crippen LogP contribution in [-0.2, 0) is 0 Å². The zero-order chi connectivity index (χ0) is 16.4. The molecule has 0 bridgehead atoms. The van der Waals surface area contributed by atoms with Crippen LogP contribution >= 0.6 is 0 Å². The van der Waals surface area contributed by atoms with Gasteiger partial charge in [0.1, 0.15) is 5.69 Å². The van der Waals surface area contributed by atoms with Crippen LogP contribution in [0.3, 0.4) is 0 Å². The Morgan fingerprint density at radius 1 is 0.957 bits per heavy atom. The van der Waals surface area contributed by atoms with Gasteiger partial charge >= 0.3 is 0 Å². The van der Waals surface area contributed by atoms with Gasteiger partial charge in [0.2, 0.25) is 5.88 Å². The number of hydrogen-bond acceptors (Lipinski definition) is 4. The van der Waals surface area contributed by atoms with E-state index < -0.39 is 0 Å². The topological polar surface area (TPSA) is 55.3 Å². The number of fused-ring (bicyclic) bond motifs is 1. The molecule has 0 aliphatic heterocycles. The Labute approximate surface area is 134 Å². The van der Waals surface area contributed by atoms with E-state index in [0.29, 0.717) is 11.4 Å². The van der Waals surface area contributed by atoms with E-state index in [0.717, 1.165) is 22.0 Å². The van der Waals surface area contributed by atoms with Crippen molar-refractivity contribution in [2.24, 2.45) is 0 Å². The minimum Gasteiger partial charge on any atom is -0.479 e. The Bertz CT molecular complexity index is 858. The number of rotatable bonds is 3.